The predicted octanol–water partition coefficient (Wildman–Crippen LogP) is 2.19. The first-order valence-corrected chi connectivity index (χ1v) is 8.26. The molecule has 0 bridgehead atoms. The highest BCUT2D eigenvalue weighted by Gasteiger charge is 2.22. The first-order chi connectivity index (χ1) is 9.60. The third-order valence-corrected chi connectivity index (χ3v) is 4.09. The van der Waals surface area contributed by atoms with Crippen molar-refractivity contribution >= 4 is 27.3 Å². The van der Waals surface area contributed by atoms with E-state index in [0.717, 1.165) is 0 Å². The highest BCUT2D eigenvalue weighted by molar-refractivity contribution is 7.89. The summed E-state index contributed by atoms with van der Waals surface area (Å²) in [4.78, 5) is 10.3. The summed E-state index contributed by atoms with van der Waals surface area (Å²) in [6.07, 6.45) is 0. The molecule has 21 heavy (non-hydrogen) atoms. The standard InChI is InChI=1S/C12H17ClN2O5S/c1-8(2)9(7-21(14,18)19)6-20-12-5-10(13)3-4-11(12)15(16)17/h3-5,8-9H,6-7H2,1-2H3,(H2,14,18,19). The van der Waals surface area contributed by atoms with Crippen LogP contribution in [0.1, 0.15) is 13.8 Å². The smallest absolute Gasteiger partial charge is 0.311 e. The van der Waals surface area contributed by atoms with Crippen molar-refractivity contribution in [1.29, 1.82) is 0 Å². The SMILES string of the molecule is CC(C)C(COc1cc(Cl)ccc1[N+](=O)[O-])CS(N)(=O)=O. The lowest BCUT2D eigenvalue weighted by Crippen LogP contribution is -2.30. The van der Waals surface area contributed by atoms with Crippen LogP contribution in [0.3, 0.4) is 0 Å². The number of nitro benzene ring substituents is 1. The summed E-state index contributed by atoms with van der Waals surface area (Å²) >= 11 is 5.79. The second-order valence-electron chi connectivity index (χ2n) is 5.01. The summed E-state index contributed by atoms with van der Waals surface area (Å²) in [5, 5.41) is 16.2. The van der Waals surface area contributed by atoms with E-state index in [9.17, 15) is 18.5 Å². The highest BCUT2D eigenvalue weighted by atomic mass is 35.5. The second-order valence-corrected chi connectivity index (χ2v) is 7.11. The van der Waals surface area contributed by atoms with Gasteiger partial charge in [-0.1, -0.05) is 25.4 Å². The van der Waals surface area contributed by atoms with Crippen molar-refractivity contribution in [2.24, 2.45) is 17.0 Å². The maximum atomic E-state index is 11.2. The Morgan fingerprint density at radius 1 is 1.43 bits per heavy atom. The number of primary sulfonamides is 1. The fraction of sp³-hybridized carbons (Fsp3) is 0.500. The van der Waals surface area contributed by atoms with Gasteiger partial charge in [0.25, 0.3) is 0 Å². The zero-order valence-electron chi connectivity index (χ0n) is 11.7. The van der Waals surface area contributed by atoms with E-state index in [-0.39, 0.29) is 35.6 Å². The minimum Gasteiger partial charge on any atom is -0.486 e. The number of nitrogens with two attached hydrogens (primary N) is 1. The Kier molecular flexibility index (Phi) is 5.94. The number of ether oxygens (including phenoxy) is 1. The molecule has 0 amide bonds. The van der Waals surface area contributed by atoms with Crippen molar-refractivity contribution in [2.75, 3.05) is 12.4 Å². The molecule has 0 saturated carbocycles. The number of nitro groups is 1. The van der Waals surface area contributed by atoms with Crippen LogP contribution in [0.25, 0.3) is 0 Å². The van der Waals surface area contributed by atoms with Crippen LogP contribution >= 0.6 is 11.6 Å². The van der Waals surface area contributed by atoms with E-state index < -0.39 is 14.9 Å². The summed E-state index contributed by atoms with van der Waals surface area (Å²) in [7, 11) is -3.65. The Bertz CT molecular complexity index is 618. The first kappa shape index (κ1) is 17.7. The van der Waals surface area contributed by atoms with Gasteiger partial charge in [-0.2, -0.15) is 0 Å². The van der Waals surface area contributed by atoms with Crippen molar-refractivity contribution in [3.63, 3.8) is 0 Å². The van der Waals surface area contributed by atoms with Gasteiger partial charge < -0.3 is 4.74 Å². The van der Waals surface area contributed by atoms with Crippen LogP contribution in [0.4, 0.5) is 5.69 Å². The van der Waals surface area contributed by atoms with E-state index in [1.807, 2.05) is 13.8 Å². The number of benzene rings is 1. The Balaban J connectivity index is 2.90. The molecular weight excluding hydrogens is 320 g/mol. The van der Waals surface area contributed by atoms with Crippen LogP contribution in [-0.2, 0) is 10.0 Å². The lowest BCUT2D eigenvalue weighted by Gasteiger charge is -2.20. The molecule has 1 rings (SSSR count). The third-order valence-electron chi connectivity index (χ3n) is 2.96. The Hall–Kier alpha value is -1.38. The van der Waals surface area contributed by atoms with Crippen LogP contribution in [0.2, 0.25) is 5.02 Å². The molecule has 0 aliphatic rings. The average molecular weight is 337 g/mol. The van der Waals surface area contributed by atoms with E-state index in [0.29, 0.717) is 5.02 Å². The van der Waals surface area contributed by atoms with Gasteiger partial charge in [-0.3, -0.25) is 10.1 Å². The summed E-state index contributed by atoms with van der Waals surface area (Å²) in [5.41, 5.74) is -0.225. The molecule has 0 heterocycles. The van der Waals surface area contributed by atoms with Gasteiger partial charge in [0.15, 0.2) is 5.75 Å². The number of hydrogen-bond donors (Lipinski definition) is 1. The van der Waals surface area contributed by atoms with Gasteiger partial charge in [-0.05, 0) is 12.0 Å². The van der Waals surface area contributed by atoms with Gasteiger partial charge in [0.05, 0.1) is 17.3 Å². The molecule has 1 atom stereocenters. The van der Waals surface area contributed by atoms with Crippen LogP contribution in [0.5, 0.6) is 5.75 Å². The van der Waals surface area contributed by atoms with E-state index in [1.165, 1.54) is 18.2 Å². The zero-order chi connectivity index (χ0) is 16.2. The van der Waals surface area contributed by atoms with Crippen molar-refractivity contribution in [1.82, 2.24) is 0 Å². The largest absolute Gasteiger partial charge is 0.486 e. The van der Waals surface area contributed by atoms with Crippen LogP contribution in [0.15, 0.2) is 18.2 Å². The second kappa shape index (κ2) is 7.06. The van der Waals surface area contributed by atoms with Gasteiger partial charge in [0.1, 0.15) is 0 Å². The maximum Gasteiger partial charge on any atom is 0.311 e. The van der Waals surface area contributed by atoms with Gasteiger partial charge in [-0.25, -0.2) is 13.6 Å². The number of halogens is 1. The Labute approximate surface area is 128 Å². The minimum absolute atomic E-state index is 0.00468. The Morgan fingerprint density at radius 3 is 2.52 bits per heavy atom. The summed E-state index contributed by atoms with van der Waals surface area (Å²) in [6, 6.07) is 3.95. The molecule has 7 nitrogen and oxygen atoms in total. The molecule has 0 radical (unpaired) electrons. The zero-order valence-corrected chi connectivity index (χ0v) is 13.2. The lowest BCUT2D eigenvalue weighted by molar-refractivity contribution is -0.385. The third kappa shape index (κ3) is 5.86. The molecule has 1 aromatic rings. The number of sulfonamides is 1. The van der Waals surface area contributed by atoms with E-state index in [2.05, 4.69) is 0 Å². The molecule has 9 heteroatoms. The molecule has 2 N–H and O–H groups in total. The molecule has 0 spiro atoms. The van der Waals surface area contributed by atoms with Crippen molar-refractivity contribution < 1.29 is 18.1 Å². The van der Waals surface area contributed by atoms with Gasteiger partial charge in [0, 0.05) is 23.1 Å². The molecular formula is C12H17ClN2O5S. The first-order valence-electron chi connectivity index (χ1n) is 6.17. The highest BCUT2D eigenvalue weighted by Crippen LogP contribution is 2.30. The molecule has 0 saturated heterocycles. The molecule has 118 valence electrons. The topological polar surface area (TPSA) is 113 Å². The summed E-state index contributed by atoms with van der Waals surface area (Å²) in [6.45, 7) is 3.65. The molecule has 0 aromatic heterocycles. The molecule has 0 fully saturated rings. The van der Waals surface area contributed by atoms with E-state index in [4.69, 9.17) is 21.5 Å². The predicted molar refractivity (Wildman–Crippen MR) is 79.9 cm³/mol. The van der Waals surface area contributed by atoms with E-state index >= 15 is 0 Å². The fourth-order valence-electron chi connectivity index (χ4n) is 1.68. The number of nitrogens with zero attached hydrogens (tertiary/aromatic N) is 1. The van der Waals surface area contributed by atoms with E-state index in [1.54, 1.807) is 0 Å². The Morgan fingerprint density at radius 2 is 2.05 bits per heavy atom. The quantitative estimate of drug-likeness (QED) is 0.605. The van der Waals surface area contributed by atoms with Crippen LogP contribution in [0, 0.1) is 22.0 Å². The molecule has 1 aromatic carbocycles. The molecule has 0 aliphatic heterocycles. The average Bonchev–Trinajstić information content (AvgIpc) is 2.32. The van der Waals surface area contributed by atoms with Crippen molar-refractivity contribution in [3.8, 4) is 5.75 Å². The van der Waals surface area contributed by atoms with Crippen LogP contribution in [-0.4, -0.2) is 25.7 Å². The number of rotatable bonds is 7. The van der Waals surface area contributed by atoms with Gasteiger partial charge in [-0.15, -0.1) is 0 Å². The number of hydrogen-bond acceptors (Lipinski definition) is 5. The summed E-state index contributed by atoms with van der Waals surface area (Å²) < 4.78 is 27.8. The monoisotopic (exact) mass is 336 g/mol. The minimum atomic E-state index is -3.65. The van der Waals surface area contributed by atoms with Gasteiger partial charge >= 0.3 is 5.69 Å². The normalized spacial score (nSPS) is 13.2. The lowest BCUT2D eigenvalue weighted by atomic mass is 9.99. The van der Waals surface area contributed by atoms with Crippen molar-refractivity contribution in [2.45, 2.75) is 13.8 Å². The maximum absolute atomic E-state index is 11.2. The van der Waals surface area contributed by atoms with Crippen molar-refractivity contribution in [3.05, 3.63) is 33.3 Å². The van der Waals surface area contributed by atoms with Crippen LogP contribution < -0.4 is 9.88 Å². The fourth-order valence-corrected chi connectivity index (χ4v) is 2.92. The molecule has 1 unspecified atom stereocenters. The molecule has 0 aliphatic carbocycles. The van der Waals surface area contributed by atoms with Gasteiger partial charge in [0.2, 0.25) is 10.0 Å². The summed E-state index contributed by atoms with van der Waals surface area (Å²) in [5.74, 6) is -0.633.